The zero-order chi connectivity index (χ0) is 14.8. The van der Waals surface area contributed by atoms with Gasteiger partial charge in [-0.1, -0.05) is 15.9 Å². The van der Waals surface area contributed by atoms with Crippen LogP contribution in [0.25, 0.3) is 22.2 Å². The van der Waals surface area contributed by atoms with Crippen LogP contribution in [0.15, 0.2) is 53.3 Å². The molecule has 0 N–H and O–H groups in total. The largest absolute Gasteiger partial charge is 0.465 e. The average Bonchev–Trinajstić information content (AvgIpc) is 2.54. The molecule has 0 aliphatic carbocycles. The van der Waals surface area contributed by atoms with E-state index in [2.05, 4.69) is 25.9 Å². The van der Waals surface area contributed by atoms with Gasteiger partial charge in [-0.15, -0.1) is 0 Å². The van der Waals surface area contributed by atoms with Gasteiger partial charge in [-0.3, -0.25) is 4.98 Å². The van der Waals surface area contributed by atoms with Crippen molar-refractivity contribution in [3.05, 3.63) is 58.8 Å². The minimum absolute atomic E-state index is 0.379. The third-order valence-corrected chi connectivity index (χ3v) is 3.65. The first-order valence-corrected chi connectivity index (χ1v) is 7.07. The first-order valence-electron chi connectivity index (χ1n) is 6.28. The van der Waals surface area contributed by atoms with Crippen LogP contribution in [0.2, 0.25) is 0 Å². The number of ether oxygens (including phenoxy) is 1. The van der Waals surface area contributed by atoms with E-state index in [0.717, 1.165) is 20.9 Å². The van der Waals surface area contributed by atoms with Gasteiger partial charge < -0.3 is 4.74 Å². The molecule has 104 valence electrons. The fraction of sp³-hybridized carbons (Fsp3) is 0.0625. The first kappa shape index (κ1) is 13.7. The molecule has 2 heterocycles. The summed E-state index contributed by atoms with van der Waals surface area (Å²) in [5.41, 5.74) is 2.86. The molecule has 0 saturated carbocycles. The van der Waals surface area contributed by atoms with Crippen molar-refractivity contribution in [3.63, 3.8) is 0 Å². The Balaban J connectivity index is 2.30. The van der Waals surface area contributed by atoms with E-state index in [0.29, 0.717) is 11.3 Å². The highest BCUT2D eigenvalue weighted by molar-refractivity contribution is 9.10. The van der Waals surface area contributed by atoms with Gasteiger partial charge >= 0.3 is 5.97 Å². The molecule has 4 nitrogen and oxygen atoms in total. The van der Waals surface area contributed by atoms with E-state index in [-0.39, 0.29) is 5.97 Å². The van der Waals surface area contributed by atoms with Gasteiger partial charge in [-0.05, 0) is 36.4 Å². The number of halogens is 1. The fourth-order valence-electron chi connectivity index (χ4n) is 2.15. The molecule has 3 rings (SSSR count). The second-order valence-electron chi connectivity index (χ2n) is 4.44. The minimum Gasteiger partial charge on any atom is -0.465 e. The highest BCUT2D eigenvalue weighted by Gasteiger charge is 2.14. The van der Waals surface area contributed by atoms with Crippen LogP contribution in [0, 0.1) is 0 Å². The zero-order valence-corrected chi connectivity index (χ0v) is 12.8. The molecule has 3 aromatic rings. The molecule has 2 aromatic heterocycles. The lowest BCUT2D eigenvalue weighted by atomic mass is 10.0. The second-order valence-corrected chi connectivity index (χ2v) is 5.36. The summed E-state index contributed by atoms with van der Waals surface area (Å²) in [6, 6.07) is 11.1. The predicted octanol–water partition coefficient (Wildman–Crippen LogP) is 3.85. The van der Waals surface area contributed by atoms with Gasteiger partial charge in [0.15, 0.2) is 0 Å². The van der Waals surface area contributed by atoms with Crippen LogP contribution in [-0.2, 0) is 4.74 Å². The molecular weight excluding hydrogens is 332 g/mol. The molecule has 1 aromatic carbocycles. The van der Waals surface area contributed by atoms with Crippen molar-refractivity contribution in [1.82, 2.24) is 9.97 Å². The van der Waals surface area contributed by atoms with Crippen LogP contribution in [0.3, 0.4) is 0 Å². The number of aromatic nitrogens is 2. The van der Waals surface area contributed by atoms with Crippen molar-refractivity contribution in [2.24, 2.45) is 0 Å². The Morgan fingerprint density at radius 2 is 1.90 bits per heavy atom. The molecular formula is C16H11BrN2O2. The summed E-state index contributed by atoms with van der Waals surface area (Å²) in [7, 11) is 1.37. The topological polar surface area (TPSA) is 52.1 Å². The second kappa shape index (κ2) is 5.61. The van der Waals surface area contributed by atoms with Gasteiger partial charge in [0, 0.05) is 27.8 Å². The number of carbonyl (C=O) groups is 1. The first-order chi connectivity index (χ1) is 10.2. The summed E-state index contributed by atoms with van der Waals surface area (Å²) in [4.78, 5) is 20.6. The lowest BCUT2D eigenvalue weighted by Crippen LogP contribution is -2.04. The Morgan fingerprint density at radius 1 is 1.14 bits per heavy atom. The Morgan fingerprint density at radius 3 is 2.62 bits per heavy atom. The van der Waals surface area contributed by atoms with Crippen LogP contribution in [0.5, 0.6) is 0 Å². The summed E-state index contributed by atoms with van der Waals surface area (Å²) >= 11 is 3.41. The Kier molecular flexibility index (Phi) is 3.66. The number of methoxy groups -OCH3 is 1. The zero-order valence-electron chi connectivity index (χ0n) is 11.2. The number of fused-ring (bicyclic) bond motifs is 1. The van der Waals surface area contributed by atoms with Crippen molar-refractivity contribution in [3.8, 4) is 11.3 Å². The van der Waals surface area contributed by atoms with Gasteiger partial charge in [0.25, 0.3) is 0 Å². The lowest BCUT2D eigenvalue weighted by Gasteiger charge is -2.09. The molecule has 5 heteroatoms. The van der Waals surface area contributed by atoms with E-state index in [4.69, 9.17) is 4.74 Å². The average molecular weight is 343 g/mol. The van der Waals surface area contributed by atoms with E-state index in [1.54, 1.807) is 18.5 Å². The number of pyridine rings is 2. The summed E-state index contributed by atoms with van der Waals surface area (Å²) < 4.78 is 5.77. The number of carbonyl (C=O) groups excluding carboxylic acids is 1. The van der Waals surface area contributed by atoms with Gasteiger partial charge in [-0.25, -0.2) is 9.78 Å². The van der Waals surface area contributed by atoms with Crippen molar-refractivity contribution in [2.45, 2.75) is 0 Å². The van der Waals surface area contributed by atoms with E-state index in [9.17, 15) is 4.79 Å². The standard InChI is InChI=1S/C16H11BrN2O2/c1-21-16(20)13-9-15(10-4-6-18-7-5-10)19-14-3-2-11(17)8-12(13)14/h2-9H,1H3. The third kappa shape index (κ3) is 2.64. The quantitative estimate of drug-likeness (QED) is 0.664. The fourth-order valence-corrected chi connectivity index (χ4v) is 2.51. The van der Waals surface area contributed by atoms with Crippen LogP contribution in [0.4, 0.5) is 0 Å². The van der Waals surface area contributed by atoms with Crippen molar-refractivity contribution in [1.29, 1.82) is 0 Å². The minimum atomic E-state index is -0.379. The highest BCUT2D eigenvalue weighted by Crippen LogP contribution is 2.27. The van der Waals surface area contributed by atoms with E-state index >= 15 is 0 Å². The lowest BCUT2D eigenvalue weighted by molar-refractivity contribution is 0.0603. The summed E-state index contributed by atoms with van der Waals surface area (Å²) in [5.74, 6) is -0.379. The molecule has 0 spiro atoms. The third-order valence-electron chi connectivity index (χ3n) is 3.15. The Bertz CT molecular complexity index is 819. The molecule has 0 aliphatic rings. The Hall–Kier alpha value is -2.27. The maximum Gasteiger partial charge on any atom is 0.338 e. The predicted molar refractivity (Wildman–Crippen MR) is 84.0 cm³/mol. The van der Waals surface area contributed by atoms with E-state index in [1.165, 1.54) is 7.11 Å². The maximum atomic E-state index is 12.0. The number of esters is 1. The smallest absolute Gasteiger partial charge is 0.338 e. The molecule has 0 fully saturated rings. The summed E-state index contributed by atoms with van der Waals surface area (Å²) in [6.07, 6.45) is 3.39. The molecule has 0 atom stereocenters. The van der Waals surface area contributed by atoms with Gasteiger partial charge in [0.05, 0.1) is 23.9 Å². The molecule has 0 aliphatic heterocycles. The monoisotopic (exact) mass is 342 g/mol. The van der Waals surface area contributed by atoms with Crippen molar-refractivity contribution < 1.29 is 9.53 Å². The summed E-state index contributed by atoms with van der Waals surface area (Å²) in [5, 5.41) is 0.758. The van der Waals surface area contributed by atoms with Gasteiger partial charge in [0.2, 0.25) is 0 Å². The number of hydrogen-bond acceptors (Lipinski definition) is 4. The van der Waals surface area contributed by atoms with Crippen LogP contribution in [0.1, 0.15) is 10.4 Å². The molecule has 0 radical (unpaired) electrons. The van der Waals surface area contributed by atoms with Gasteiger partial charge in [0.1, 0.15) is 0 Å². The molecule has 0 unspecified atom stereocenters. The SMILES string of the molecule is COC(=O)c1cc(-c2ccncc2)nc2ccc(Br)cc12. The molecule has 0 saturated heterocycles. The van der Waals surface area contributed by atoms with Crippen LogP contribution < -0.4 is 0 Å². The number of hydrogen-bond donors (Lipinski definition) is 0. The Labute approximate surface area is 129 Å². The number of benzene rings is 1. The number of nitrogens with zero attached hydrogens (tertiary/aromatic N) is 2. The maximum absolute atomic E-state index is 12.0. The van der Waals surface area contributed by atoms with Crippen molar-refractivity contribution in [2.75, 3.05) is 7.11 Å². The highest BCUT2D eigenvalue weighted by atomic mass is 79.9. The summed E-state index contributed by atoms with van der Waals surface area (Å²) in [6.45, 7) is 0. The number of rotatable bonds is 2. The van der Waals surface area contributed by atoms with Crippen LogP contribution >= 0.6 is 15.9 Å². The van der Waals surface area contributed by atoms with E-state index < -0.39 is 0 Å². The normalized spacial score (nSPS) is 10.6. The van der Waals surface area contributed by atoms with Crippen molar-refractivity contribution >= 4 is 32.8 Å². The van der Waals surface area contributed by atoms with E-state index in [1.807, 2.05) is 30.3 Å². The molecule has 0 amide bonds. The molecule has 0 bridgehead atoms. The van der Waals surface area contributed by atoms with Gasteiger partial charge in [-0.2, -0.15) is 0 Å². The van der Waals surface area contributed by atoms with Crippen LogP contribution in [-0.4, -0.2) is 23.0 Å². The molecule has 21 heavy (non-hydrogen) atoms.